The lowest BCUT2D eigenvalue weighted by Gasteiger charge is -2.39. The molecular weight excluding hydrogens is 296 g/mol. The third kappa shape index (κ3) is 3.25. The Morgan fingerprint density at radius 1 is 0.917 bits per heavy atom. The molecule has 0 bridgehead atoms. The standard InChI is InChI=1S/C21H26N2O/c1-22-11-13-23(14-12-22)21-19-10-6-5-9-18(19)15-20(21)24-16-17-7-3-2-4-8-17/h2-10,20-21H,11-16H2,1H3/t20-,21+/m1/s1. The van der Waals surface area contributed by atoms with Crippen LogP contribution in [-0.4, -0.2) is 49.1 Å². The molecule has 24 heavy (non-hydrogen) atoms. The number of likely N-dealkylation sites (N-methyl/N-ethyl adjacent to an activating group) is 1. The first-order valence-corrected chi connectivity index (χ1v) is 8.97. The summed E-state index contributed by atoms with van der Waals surface area (Å²) >= 11 is 0. The first kappa shape index (κ1) is 15.8. The van der Waals surface area contributed by atoms with E-state index in [-0.39, 0.29) is 6.10 Å². The van der Waals surface area contributed by atoms with E-state index in [0.29, 0.717) is 12.6 Å². The van der Waals surface area contributed by atoms with Gasteiger partial charge in [0.2, 0.25) is 0 Å². The van der Waals surface area contributed by atoms with E-state index in [1.54, 1.807) is 0 Å². The molecule has 1 saturated heterocycles. The maximum absolute atomic E-state index is 6.41. The molecule has 2 atom stereocenters. The molecule has 126 valence electrons. The minimum absolute atomic E-state index is 0.256. The molecule has 0 spiro atoms. The van der Waals surface area contributed by atoms with Gasteiger partial charge in [-0.25, -0.2) is 0 Å². The molecule has 0 unspecified atom stereocenters. The molecule has 1 aliphatic heterocycles. The van der Waals surface area contributed by atoms with Gasteiger partial charge in [0.05, 0.1) is 18.8 Å². The van der Waals surface area contributed by atoms with Crippen LogP contribution in [0.25, 0.3) is 0 Å². The van der Waals surface area contributed by atoms with Crippen LogP contribution in [-0.2, 0) is 17.8 Å². The van der Waals surface area contributed by atoms with Gasteiger partial charge in [-0.15, -0.1) is 0 Å². The van der Waals surface area contributed by atoms with Gasteiger partial charge in [0.15, 0.2) is 0 Å². The van der Waals surface area contributed by atoms with Crippen LogP contribution in [0.5, 0.6) is 0 Å². The Bertz CT molecular complexity index is 665. The third-order valence-electron chi connectivity index (χ3n) is 5.39. The van der Waals surface area contributed by atoms with Crippen molar-refractivity contribution in [3.63, 3.8) is 0 Å². The second-order valence-electron chi connectivity index (χ2n) is 7.02. The summed E-state index contributed by atoms with van der Waals surface area (Å²) in [6.07, 6.45) is 1.28. The van der Waals surface area contributed by atoms with Crippen molar-refractivity contribution in [1.82, 2.24) is 9.80 Å². The molecule has 0 saturated carbocycles. The molecule has 0 aromatic heterocycles. The minimum Gasteiger partial charge on any atom is -0.371 e. The van der Waals surface area contributed by atoms with Gasteiger partial charge in [0.25, 0.3) is 0 Å². The summed E-state index contributed by atoms with van der Waals surface area (Å²) in [4.78, 5) is 5.04. The van der Waals surface area contributed by atoms with Crippen LogP contribution in [0.15, 0.2) is 54.6 Å². The average molecular weight is 322 g/mol. The van der Waals surface area contributed by atoms with E-state index in [1.807, 2.05) is 0 Å². The largest absolute Gasteiger partial charge is 0.371 e. The summed E-state index contributed by atoms with van der Waals surface area (Å²) < 4.78 is 6.41. The van der Waals surface area contributed by atoms with E-state index < -0.39 is 0 Å². The molecular formula is C21H26N2O. The second kappa shape index (κ2) is 7.06. The van der Waals surface area contributed by atoms with Crippen LogP contribution in [0.4, 0.5) is 0 Å². The molecule has 2 aromatic carbocycles. The first-order chi connectivity index (χ1) is 11.8. The molecule has 2 aliphatic rings. The maximum atomic E-state index is 6.41. The molecule has 1 heterocycles. The van der Waals surface area contributed by atoms with E-state index in [4.69, 9.17) is 4.74 Å². The van der Waals surface area contributed by atoms with Gasteiger partial charge < -0.3 is 9.64 Å². The highest BCUT2D eigenvalue weighted by Gasteiger charge is 2.37. The minimum atomic E-state index is 0.256. The Morgan fingerprint density at radius 3 is 2.42 bits per heavy atom. The highest BCUT2D eigenvalue weighted by Crippen LogP contribution is 2.38. The predicted octanol–water partition coefficient (Wildman–Crippen LogP) is 3.12. The van der Waals surface area contributed by atoms with Gasteiger partial charge in [-0.1, -0.05) is 54.6 Å². The Kier molecular flexibility index (Phi) is 4.65. The van der Waals surface area contributed by atoms with Gasteiger partial charge in [0, 0.05) is 32.6 Å². The summed E-state index contributed by atoms with van der Waals surface area (Å²) in [6, 6.07) is 19.8. The third-order valence-corrected chi connectivity index (χ3v) is 5.39. The van der Waals surface area contributed by atoms with E-state index >= 15 is 0 Å². The summed E-state index contributed by atoms with van der Waals surface area (Å²) in [7, 11) is 2.21. The summed E-state index contributed by atoms with van der Waals surface area (Å²) in [5.41, 5.74) is 4.19. The van der Waals surface area contributed by atoms with Gasteiger partial charge >= 0.3 is 0 Å². The molecule has 1 fully saturated rings. The fourth-order valence-corrected chi connectivity index (χ4v) is 4.00. The zero-order chi connectivity index (χ0) is 16.4. The molecule has 2 aromatic rings. The summed E-state index contributed by atoms with van der Waals surface area (Å²) in [6.45, 7) is 5.24. The SMILES string of the molecule is CN1CCN([C@H]2c3ccccc3C[C@H]2OCc2ccccc2)CC1. The van der Waals surface area contributed by atoms with Crippen LogP contribution in [0.2, 0.25) is 0 Å². The van der Waals surface area contributed by atoms with Crippen molar-refractivity contribution in [3.8, 4) is 0 Å². The Balaban J connectivity index is 1.52. The van der Waals surface area contributed by atoms with Crippen molar-refractivity contribution < 1.29 is 4.74 Å². The monoisotopic (exact) mass is 322 g/mol. The molecule has 0 radical (unpaired) electrons. The Labute approximate surface area is 144 Å². The smallest absolute Gasteiger partial charge is 0.0816 e. The van der Waals surface area contributed by atoms with Crippen LogP contribution in [0.3, 0.4) is 0 Å². The lowest BCUT2D eigenvalue weighted by molar-refractivity contribution is -0.0267. The van der Waals surface area contributed by atoms with E-state index in [0.717, 1.165) is 32.6 Å². The van der Waals surface area contributed by atoms with Crippen LogP contribution >= 0.6 is 0 Å². The van der Waals surface area contributed by atoms with Crippen molar-refractivity contribution in [2.45, 2.75) is 25.2 Å². The van der Waals surface area contributed by atoms with Gasteiger partial charge in [-0.3, -0.25) is 4.90 Å². The number of ether oxygens (including phenoxy) is 1. The highest BCUT2D eigenvalue weighted by molar-refractivity contribution is 5.36. The summed E-state index contributed by atoms with van der Waals surface area (Å²) in [5, 5.41) is 0. The lowest BCUT2D eigenvalue weighted by Crippen LogP contribution is -2.48. The zero-order valence-electron chi connectivity index (χ0n) is 14.4. The fourth-order valence-electron chi connectivity index (χ4n) is 4.00. The molecule has 0 amide bonds. The van der Waals surface area contributed by atoms with E-state index in [2.05, 4.69) is 71.4 Å². The quantitative estimate of drug-likeness (QED) is 0.860. The van der Waals surface area contributed by atoms with Gasteiger partial charge in [0.1, 0.15) is 0 Å². The molecule has 0 N–H and O–H groups in total. The van der Waals surface area contributed by atoms with Crippen LogP contribution < -0.4 is 0 Å². The zero-order valence-corrected chi connectivity index (χ0v) is 14.4. The van der Waals surface area contributed by atoms with E-state index in [9.17, 15) is 0 Å². The Morgan fingerprint density at radius 2 is 1.62 bits per heavy atom. The second-order valence-corrected chi connectivity index (χ2v) is 7.02. The number of fused-ring (bicyclic) bond motifs is 1. The molecule has 4 rings (SSSR count). The van der Waals surface area contributed by atoms with Crippen molar-refractivity contribution >= 4 is 0 Å². The first-order valence-electron chi connectivity index (χ1n) is 8.97. The van der Waals surface area contributed by atoms with Gasteiger partial charge in [-0.05, 0) is 23.7 Å². The van der Waals surface area contributed by atoms with Crippen LogP contribution in [0.1, 0.15) is 22.7 Å². The topological polar surface area (TPSA) is 15.7 Å². The molecule has 1 aliphatic carbocycles. The normalized spacial score (nSPS) is 24.9. The predicted molar refractivity (Wildman–Crippen MR) is 97.0 cm³/mol. The average Bonchev–Trinajstić information content (AvgIpc) is 3.00. The number of piperazine rings is 1. The van der Waals surface area contributed by atoms with Crippen molar-refractivity contribution in [2.24, 2.45) is 0 Å². The Hall–Kier alpha value is -1.68. The van der Waals surface area contributed by atoms with Crippen molar-refractivity contribution in [1.29, 1.82) is 0 Å². The van der Waals surface area contributed by atoms with Gasteiger partial charge in [-0.2, -0.15) is 0 Å². The van der Waals surface area contributed by atoms with Crippen molar-refractivity contribution in [2.75, 3.05) is 33.2 Å². The lowest BCUT2D eigenvalue weighted by atomic mass is 10.1. The maximum Gasteiger partial charge on any atom is 0.0816 e. The summed E-state index contributed by atoms with van der Waals surface area (Å²) in [5.74, 6) is 0. The number of nitrogens with zero attached hydrogens (tertiary/aromatic N) is 2. The number of hydrogen-bond donors (Lipinski definition) is 0. The molecule has 3 nitrogen and oxygen atoms in total. The van der Waals surface area contributed by atoms with Crippen LogP contribution in [0, 0.1) is 0 Å². The van der Waals surface area contributed by atoms with E-state index in [1.165, 1.54) is 16.7 Å². The van der Waals surface area contributed by atoms with Crippen molar-refractivity contribution in [3.05, 3.63) is 71.3 Å². The number of rotatable bonds is 4. The highest BCUT2D eigenvalue weighted by atomic mass is 16.5. The number of benzene rings is 2. The fraction of sp³-hybridized carbons (Fsp3) is 0.429. The molecule has 3 heteroatoms. The number of hydrogen-bond acceptors (Lipinski definition) is 3.